The van der Waals surface area contributed by atoms with Crippen molar-refractivity contribution in [3.8, 4) is 0 Å². The fraction of sp³-hybridized carbons (Fsp3) is 0.278. The zero-order chi connectivity index (χ0) is 14.8. The highest BCUT2D eigenvalue weighted by molar-refractivity contribution is 6.00. The van der Waals surface area contributed by atoms with Gasteiger partial charge in [0.15, 0.2) is 5.78 Å². The van der Waals surface area contributed by atoms with E-state index in [1.54, 1.807) is 0 Å². The molecule has 0 aliphatic rings. The second-order valence-corrected chi connectivity index (χ2v) is 6.08. The summed E-state index contributed by atoms with van der Waals surface area (Å²) in [5.74, 6) is -0.0448. The molecule has 0 aliphatic heterocycles. The quantitative estimate of drug-likeness (QED) is 0.858. The molecule has 0 bridgehead atoms. The van der Waals surface area contributed by atoms with Crippen molar-refractivity contribution in [3.63, 3.8) is 0 Å². The second kappa shape index (κ2) is 5.59. The van der Waals surface area contributed by atoms with Gasteiger partial charge >= 0.3 is 0 Å². The standard InChI is InChI=1S/C18H21NO/c1-18(2,3)15-11-9-14(10-12-15)17(20)16(19)13-7-5-4-6-8-13/h4-12,16H,19H2,1-3H3. The number of hydrogen-bond acceptors (Lipinski definition) is 2. The SMILES string of the molecule is CC(C)(C)c1ccc(C(=O)C(N)c2ccccc2)cc1. The van der Waals surface area contributed by atoms with Gasteiger partial charge in [-0.2, -0.15) is 0 Å². The van der Waals surface area contributed by atoms with Crippen LogP contribution in [0.15, 0.2) is 54.6 Å². The maximum absolute atomic E-state index is 12.4. The number of carbonyl (C=O) groups excluding carboxylic acids is 1. The Hall–Kier alpha value is -1.93. The van der Waals surface area contributed by atoms with E-state index in [2.05, 4.69) is 20.8 Å². The number of hydrogen-bond donors (Lipinski definition) is 1. The molecule has 2 aromatic carbocycles. The average Bonchev–Trinajstić information content (AvgIpc) is 2.46. The van der Waals surface area contributed by atoms with Crippen LogP contribution < -0.4 is 5.73 Å². The monoisotopic (exact) mass is 267 g/mol. The van der Waals surface area contributed by atoms with E-state index in [4.69, 9.17) is 5.73 Å². The summed E-state index contributed by atoms with van der Waals surface area (Å²) in [6.07, 6.45) is 0. The third kappa shape index (κ3) is 3.14. The molecule has 0 saturated carbocycles. The first-order valence-corrected chi connectivity index (χ1v) is 6.85. The molecule has 0 aliphatic carbocycles. The van der Waals surface area contributed by atoms with E-state index < -0.39 is 6.04 Å². The maximum Gasteiger partial charge on any atom is 0.184 e. The molecule has 2 nitrogen and oxygen atoms in total. The number of benzene rings is 2. The van der Waals surface area contributed by atoms with Crippen LogP contribution in [0.1, 0.15) is 48.3 Å². The zero-order valence-electron chi connectivity index (χ0n) is 12.3. The largest absolute Gasteiger partial charge is 0.318 e. The van der Waals surface area contributed by atoms with Gasteiger partial charge in [0.2, 0.25) is 0 Å². The molecule has 0 amide bonds. The van der Waals surface area contributed by atoms with Crippen molar-refractivity contribution in [3.05, 3.63) is 71.3 Å². The van der Waals surface area contributed by atoms with Gasteiger partial charge in [0, 0.05) is 5.56 Å². The van der Waals surface area contributed by atoms with E-state index in [-0.39, 0.29) is 11.2 Å². The third-order valence-corrected chi connectivity index (χ3v) is 3.48. The molecule has 0 saturated heterocycles. The van der Waals surface area contributed by atoms with Gasteiger partial charge in [0.05, 0.1) is 6.04 Å². The lowest BCUT2D eigenvalue weighted by Gasteiger charge is -2.19. The number of Topliss-reactive ketones (excluding diaryl/α,β-unsaturated/α-hetero) is 1. The molecule has 0 spiro atoms. The molecular formula is C18H21NO. The van der Waals surface area contributed by atoms with Crippen molar-refractivity contribution >= 4 is 5.78 Å². The molecule has 104 valence electrons. The highest BCUT2D eigenvalue weighted by Crippen LogP contribution is 2.23. The van der Waals surface area contributed by atoms with E-state index in [0.29, 0.717) is 5.56 Å². The summed E-state index contributed by atoms with van der Waals surface area (Å²) < 4.78 is 0. The van der Waals surface area contributed by atoms with Gasteiger partial charge < -0.3 is 5.73 Å². The molecule has 2 N–H and O–H groups in total. The first-order valence-electron chi connectivity index (χ1n) is 6.85. The smallest absolute Gasteiger partial charge is 0.184 e. The average molecular weight is 267 g/mol. The number of nitrogens with two attached hydrogens (primary N) is 1. The van der Waals surface area contributed by atoms with Gasteiger partial charge in [-0.25, -0.2) is 0 Å². The Morgan fingerprint density at radius 2 is 1.50 bits per heavy atom. The molecule has 2 rings (SSSR count). The van der Waals surface area contributed by atoms with Crippen molar-refractivity contribution < 1.29 is 4.79 Å². The van der Waals surface area contributed by atoms with Gasteiger partial charge in [-0.1, -0.05) is 75.4 Å². The van der Waals surface area contributed by atoms with Crippen LogP contribution >= 0.6 is 0 Å². The second-order valence-electron chi connectivity index (χ2n) is 6.08. The summed E-state index contributed by atoms with van der Waals surface area (Å²) >= 11 is 0. The maximum atomic E-state index is 12.4. The van der Waals surface area contributed by atoms with Gasteiger partial charge in [-0.3, -0.25) is 4.79 Å². The minimum Gasteiger partial charge on any atom is -0.318 e. The van der Waals surface area contributed by atoms with Crippen LogP contribution in [0, 0.1) is 0 Å². The minimum absolute atomic E-state index is 0.0448. The van der Waals surface area contributed by atoms with E-state index in [1.165, 1.54) is 5.56 Å². The minimum atomic E-state index is -0.600. The Bertz CT molecular complexity index is 579. The Morgan fingerprint density at radius 1 is 0.950 bits per heavy atom. The summed E-state index contributed by atoms with van der Waals surface area (Å²) in [6.45, 7) is 6.46. The lowest BCUT2D eigenvalue weighted by atomic mass is 9.86. The molecule has 2 heteroatoms. The van der Waals surface area contributed by atoms with Gasteiger partial charge in [0.25, 0.3) is 0 Å². The van der Waals surface area contributed by atoms with Crippen molar-refractivity contribution in [1.29, 1.82) is 0 Å². The highest BCUT2D eigenvalue weighted by atomic mass is 16.1. The Kier molecular flexibility index (Phi) is 4.05. The molecular weight excluding hydrogens is 246 g/mol. The van der Waals surface area contributed by atoms with E-state index >= 15 is 0 Å². The van der Waals surface area contributed by atoms with Crippen LogP contribution in [0.4, 0.5) is 0 Å². The first-order chi connectivity index (χ1) is 9.39. The van der Waals surface area contributed by atoms with Gasteiger partial charge in [-0.05, 0) is 16.5 Å². The fourth-order valence-corrected chi connectivity index (χ4v) is 2.13. The van der Waals surface area contributed by atoms with Gasteiger partial charge in [0.1, 0.15) is 0 Å². The molecule has 2 aromatic rings. The number of ketones is 1. The van der Waals surface area contributed by atoms with Crippen molar-refractivity contribution in [1.82, 2.24) is 0 Å². The number of rotatable bonds is 3. The summed E-state index contributed by atoms with van der Waals surface area (Å²) in [5.41, 5.74) is 8.85. The van der Waals surface area contributed by atoms with Crippen molar-refractivity contribution in [2.24, 2.45) is 5.73 Å². The molecule has 1 unspecified atom stereocenters. The normalized spacial score (nSPS) is 13.0. The number of carbonyl (C=O) groups is 1. The highest BCUT2D eigenvalue weighted by Gasteiger charge is 2.19. The molecule has 0 aromatic heterocycles. The summed E-state index contributed by atoms with van der Waals surface area (Å²) in [5, 5.41) is 0. The molecule has 1 atom stereocenters. The summed E-state index contributed by atoms with van der Waals surface area (Å²) in [7, 11) is 0. The van der Waals surface area contributed by atoms with Crippen molar-refractivity contribution in [2.75, 3.05) is 0 Å². The van der Waals surface area contributed by atoms with Crippen LogP contribution in [-0.4, -0.2) is 5.78 Å². The molecule has 0 heterocycles. The lowest BCUT2D eigenvalue weighted by Crippen LogP contribution is -2.21. The lowest BCUT2D eigenvalue weighted by molar-refractivity contribution is 0.0961. The molecule has 0 radical (unpaired) electrons. The van der Waals surface area contributed by atoms with E-state index in [9.17, 15) is 4.79 Å². The van der Waals surface area contributed by atoms with Crippen LogP contribution in [0.2, 0.25) is 0 Å². The van der Waals surface area contributed by atoms with E-state index in [1.807, 2.05) is 54.6 Å². The predicted molar refractivity (Wildman–Crippen MR) is 82.8 cm³/mol. The van der Waals surface area contributed by atoms with Crippen LogP contribution in [0.25, 0.3) is 0 Å². The third-order valence-electron chi connectivity index (χ3n) is 3.48. The van der Waals surface area contributed by atoms with Crippen LogP contribution in [0.3, 0.4) is 0 Å². The van der Waals surface area contributed by atoms with Crippen molar-refractivity contribution in [2.45, 2.75) is 32.2 Å². The Labute approximate surface area is 120 Å². The summed E-state index contributed by atoms with van der Waals surface area (Å²) in [6, 6.07) is 16.6. The van der Waals surface area contributed by atoms with Crippen LogP contribution in [0.5, 0.6) is 0 Å². The predicted octanol–water partition coefficient (Wildman–Crippen LogP) is 3.87. The fourth-order valence-electron chi connectivity index (χ4n) is 2.13. The van der Waals surface area contributed by atoms with Crippen LogP contribution in [-0.2, 0) is 5.41 Å². The topological polar surface area (TPSA) is 43.1 Å². The molecule has 20 heavy (non-hydrogen) atoms. The molecule has 0 fully saturated rings. The Balaban J connectivity index is 2.22. The van der Waals surface area contributed by atoms with Gasteiger partial charge in [-0.15, -0.1) is 0 Å². The summed E-state index contributed by atoms with van der Waals surface area (Å²) in [4.78, 5) is 12.4. The zero-order valence-corrected chi connectivity index (χ0v) is 12.3. The first kappa shape index (κ1) is 14.5. The van der Waals surface area contributed by atoms with E-state index in [0.717, 1.165) is 5.56 Å². The Morgan fingerprint density at radius 3 is 2.00 bits per heavy atom.